The van der Waals surface area contributed by atoms with Gasteiger partial charge in [0, 0.05) is 43.3 Å². The van der Waals surface area contributed by atoms with Crippen LogP contribution in [0.1, 0.15) is 42.5 Å². The maximum Gasteiger partial charge on any atom is 0.230 e. The van der Waals surface area contributed by atoms with Crippen molar-refractivity contribution in [2.75, 3.05) is 36.9 Å². The first-order valence-electron chi connectivity index (χ1n) is 11.9. The molecule has 2 fully saturated rings. The van der Waals surface area contributed by atoms with Crippen molar-refractivity contribution in [1.29, 1.82) is 0 Å². The minimum atomic E-state index is 0.466. The molecule has 3 aromatic heterocycles. The predicted octanol–water partition coefficient (Wildman–Crippen LogP) is 3.71. The van der Waals surface area contributed by atoms with E-state index in [1.807, 2.05) is 30.8 Å². The molecule has 32 heavy (non-hydrogen) atoms. The van der Waals surface area contributed by atoms with Gasteiger partial charge in [-0.1, -0.05) is 0 Å². The summed E-state index contributed by atoms with van der Waals surface area (Å²) in [5, 5.41) is 12.7. The Kier molecular flexibility index (Phi) is 5.48. The van der Waals surface area contributed by atoms with E-state index in [4.69, 9.17) is 14.7 Å². The number of hydrogen-bond acceptors (Lipinski definition) is 8. The summed E-state index contributed by atoms with van der Waals surface area (Å²) in [5.41, 5.74) is 2.38. The molecular formula is C23H31N7OS. The lowest BCUT2D eigenvalue weighted by Crippen LogP contribution is -2.46. The number of fused-ring (bicyclic) bond motifs is 3. The highest BCUT2D eigenvalue weighted by Crippen LogP contribution is 2.41. The molecule has 2 N–H and O–H groups in total. The van der Waals surface area contributed by atoms with Gasteiger partial charge in [-0.2, -0.15) is 10.1 Å². The minimum Gasteiger partial charge on any atom is -0.379 e. The fourth-order valence-electron chi connectivity index (χ4n) is 5.49. The Balaban J connectivity index is 1.23. The third-order valence-electron chi connectivity index (χ3n) is 7.13. The molecule has 0 radical (unpaired) electrons. The lowest BCUT2D eigenvalue weighted by atomic mass is 9.90. The molecule has 8 nitrogen and oxygen atoms in total. The number of nitrogens with one attached hydrogen (secondary N) is 2. The zero-order chi connectivity index (χ0) is 21.5. The molecular weight excluding hydrogens is 422 g/mol. The summed E-state index contributed by atoms with van der Waals surface area (Å²) in [7, 11) is 1.92. The molecule has 0 spiro atoms. The fraction of sp³-hybridized carbons (Fsp3) is 0.609. The summed E-state index contributed by atoms with van der Waals surface area (Å²) >= 11 is 1.84. The zero-order valence-electron chi connectivity index (χ0n) is 18.6. The van der Waals surface area contributed by atoms with E-state index in [0.29, 0.717) is 18.0 Å². The van der Waals surface area contributed by atoms with Crippen molar-refractivity contribution >= 4 is 39.0 Å². The van der Waals surface area contributed by atoms with Gasteiger partial charge in [-0.3, -0.25) is 9.58 Å². The van der Waals surface area contributed by atoms with Crippen LogP contribution in [0.4, 0.5) is 17.5 Å². The SMILES string of the molecule is Cn1cc(Nc2nc(N[C@H]3CC[C@H](N4CCOCC4)CC3)c3c4c(sc3n2)CCC4)cn1. The summed E-state index contributed by atoms with van der Waals surface area (Å²) in [6.07, 6.45) is 12.2. The first kappa shape index (κ1) is 20.4. The summed E-state index contributed by atoms with van der Waals surface area (Å²) in [6, 6.07) is 1.17. The number of anilines is 3. The topological polar surface area (TPSA) is 80.1 Å². The van der Waals surface area contributed by atoms with Gasteiger partial charge in [0.15, 0.2) is 0 Å². The van der Waals surface area contributed by atoms with Gasteiger partial charge in [0.2, 0.25) is 5.95 Å². The molecule has 1 aliphatic heterocycles. The van der Waals surface area contributed by atoms with Gasteiger partial charge in [-0.15, -0.1) is 11.3 Å². The molecule has 9 heteroatoms. The molecule has 0 aromatic carbocycles. The van der Waals surface area contributed by atoms with Crippen molar-refractivity contribution in [1.82, 2.24) is 24.6 Å². The molecule has 6 rings (SSSR count). The Morgan fingerprint density at radius 3 is 2.72 bits per heavy atom. The van der Waals surface area contributed by atoms with E-state index in [-0.39, 0.29) is 0 Å². The van der Waals surface area contributed by atoms with Crippen molar-refractivity contribution in [3.8, 4) is 0 Å². The first-order chi connectivity index (χ1) is 15.7. The Morgan fingerprint density at radius 2 is 1.94 bits per heavy atom. The van der Waals surface area contributed by atoms with Crippen LogP contribution in [0.3, 0.4) is 0 Å². The van der Waals surface area contributed by atoms with E-state index in [1.54, 1.807) is 4.68 Å². The molecule has 1 saturated carbocycles. The lowest BCUT2D eigenvalue weighted by molar-refractivity contribution is 0.00791. The van der Waals surface area contributed by atoms with E-state index in [2.05, 4.69) is 20.6 Å². The highest BCUT2D eigenvalue weighted by molar-refractivity contribution is 7.19. The number of hydrogen-bond donors (Lipinski definition) is 2. The molecule has 3 aliphatic rings. The third kappa shape index (κ3) is 3.97. The van der Waals surface area contributed by atoms with Crippen molar-refractivity contribution in [2.45, 2.75) is 57.0 Å². The van der Waals surface area contributed by atoms with E-state index in [9.17, 15) is 0 Å². The van der Waals surface area contributed by atoms with Crippen LogP contribution in [0.5, 0.6) is 0 Å². The second kappa shape index (κ2) is 8.61. The van der Waals surface area contributed by atoms with Gasteiger partial charge in [-0.05, 0) is 50.5 Å². The predicted molar refractivity (Wildman–Crippen MR) is 128 cm³/mol. The molecule has 4 heterocycles. The smallest absolute Gasteiger partial charge is 0.230 e. The van der Waals surface area contributed by atoms with Crippen LogP contribution in [-0.2, 0) is 24.6 Å². The average Bonchev–Trinajstić information content (AvgIpc) is 3.51. The summed E-state index contributed by atoms with van der Waals surface area (Å²) in [6.45, 7) is 3.93. The highest BCUT2D eigenvalue weighted by Gasteiger charge is 2.29. The van der Waals surface area contributed by atoms with Crippen LogP contribution in [0, 0.1) is 0 Å². The number of morpholine rings is 1. The summed E-state index contributed by atoms with van der Waals surface area (Å²) in [5.74, 6) is 1.66. The Bertz CT molecular complexity index is 1100. The molecule has 0 unspecified atom stereocenters. The highest BCUT2D eigenvalue weighted by atomic mass is 32.1. The largest absolute Gasteiger partial charge is 0.379 e. The molecule has 0 atom stereocenters. The maximum atomic E-state index is 5.54. The van der Waals surface area contributed by atoms with Crippen LogP contribution in [-0.4, -0.2) is 63.0 Å². The van der Waals surface area contributed by atoms with E-state index >= 15 is 0 Å². The van der Waals surface area contributed by atoms with Gasteiger partial charge in [0.25, 0.3) is 0 Å². The van der Waals surface area contributed by atoms with Crippen molar-refractivity contribution in [3.63, 3.8) is 0 Å². The van der Waals surface area contributed by atoms with Gasteiger partial charge in [0.1, 0.15) is 10.6 Å². The summed E-state index contributed by atoms with van der Waals surface area (Å²) in [4.78, 5) is 15.1. The maximum absolute atomic E-state index is 5.54. The monoisotopic (exact) mass is 453 g/mol. The Hall–Kier alpha value is -2.23. The third-order valence-corrected chi connectivity index (χ3v) is 8.31. The summed E-state index contributed by atoms with van der Waals surface area (Å²) < 4.78 is 7.32. The number of ether oxygens (including phenoxy) is 1. The quantitative estimate of drug-likeness (QED) is 0.610. The lowest BCUT2D eigenvalue weighted by Gasteiger charge is -2.39. The van der Waals surface area contributed by atoms with E-state index < -0.39 is 0 Å². The standard InChI is InChI=1S/C23H31N7OS/c1-29-14-16(13-24-29)26-23-27-21(20-18-3-2-4-19(18)32-22(20)28-23)25-15-5-7-17(8-6-15)30-9-11-31-12-10-30/h13-15,17H,2-12H2,1H3,(H2,25,26,27,28)/t15-,17-. The Labute approximate surface area is 192 Å². The van der Waals surface area contributed by atoms with E-state index in [0.717, 1.165) is 49.1 Å². The molecule has 3 aromatic rings. The van der Waals surface area contributed by atoms with Gasteiger partial charge >= 0.3 is 0 Å². The van der Waals surface area contributed by atoms with E-state index in [1.165, 1.54) is 54.4 Å². The number of thiophene rings is 1. The van der Waals surface area contributed by atoms with Crippen LogP contribution in [0.2, 0.25) is 0 Å². The number of rotatable bonds is 5. The normalized spacial score (nSPS) is 24.0. The average molecular weight is 454 g/mol. The Morgan fingerprint density at radius 1 is 1.09 bits per heavy atom. The van der Waals surface area contributed by atoms with Crippen LogP contribution >= 0.6 is 11.3 Å². The molecule has 2 aliphatic carbocycles. The number of aryl methyl sites for hydroxylation is 3. The fourth-order valence-corrected chi connectivity index (χ4v) is 6.75. The molecule has 0 amide bonds. The number of nitrogens with zero attached hydrogens (tertiary/aromatic N) is 5. The van der Waals surface area contributed by atoms with Crippen molar-refractivity contribution in [3.05, 3.63) is 22.8 Å². The van der Waals surface area contributed by atoms with Crippen LogP contribution in [0.15, 0.2) is 12.4 Å². The van der Waals surface area contributed by atoms with Gasteiger partial charge < -0.3 is 15.4 Å². The molecule has 1 saturated heterocycles. The second-order valence-electron chi connectivity index (χ2n) is 9.26. The zero-order valence-corrected chi connectivity index (χ0v) is 19.5. The first-order valence-corrected chi connectivity index (χ1v) is 12.7. The van der Waals surface area contributed by atoms with Crippen LogP contribution in [0.25, 0.3) is 10.2 Å². The molecule has 0 bridgehead atoms. The van der Waals surface area contributed by atoms with Gasteiger partial charge in [0.05, 0.1) is 30.5 Å². The minimum absolute atomic E-state index is 0.466. The molecule has 170 valence electrons. The van der Waals surface area contributed by atoms with Crippen molar-refractivity contribution < 1.29 is 4.74 Å². The number of aromatic nitrogens is 4. The van der Waals surface area contributed by atoms with Crippen LogP contribution < -0.4 is 10.6 Å². The van der Waals surface area contributed by atoms with Gasteiger partial charge in [-0.25, -0.2) is 4.98 Å². The van der Waals surface area contributed by atoms with Crippen molar-refractivity contribution in [2.24, 2.45) is 7.05 Å². The second-order valence-corrected chi connectivity index (χ2v) is 10.3.